The molecule has 1 aromatic heterocycles. The number of nitrogens with one attached hydrogen (secondary N) is 1. The number of aromatic nitrogens is 1. The van der Waals surface area contributed by atoms with Gasteiger partial charge in [-0.15, -0.1) is 0 Å². The lowest BCUT2D eigenvalue weighted by Gasteiger charge is -2.32. The normalized spacial score (nSPS) is 19.7. The Hall–Kier alpha value is -1.58. The van der Waals surface area contributed by atoms with Gasteiger partial charge >= 0.3 is 13.3 Å². The van der Waals surface area contributed by atoms with E-state index in [9.17, 15) is 13.2 Å². The van der Waals surface area contributed by atoms with Gasteiger partial charge in [0.15, 0.2) is 0 Å². The Kier molecular flexibility index (Phi) is 5.75. The van der Waals surface area contributed by atoms with Crippen molar-refractivity contribution in [1.29, 1.82) is 0 Å². The molecule has 0 saturated carbocycles. The fourth-order valence-corrected chi connectivity index (χ4v) is 2.50. The van der Waals surface area contributed by atoms with E-state index in [1.54, 1.807) is 13.1 Å². The molecule has 5 nitrogen and oxygen atoms in total. The summed E-state index contributed by atoms with van der Waals surface area (Å²) in [5.74, 6) is 0.100. The van der Waals surface area contributed by atoms with Gasteiger partial charge in [0, 0.05) is 18.3 Å². The molecule has 1 aliphatic rings. The Balaban J connectivity index is 2.46. The molecule has 0 aromatic carbocycles. The summed E-state index contributed by atoms with van der Waals surface area (Å²) >= 11 is 0. The molecule has 26 heavy (non-hydrogen) atoms. The average Bonchev–Trinajstić information content (AvgIpc) is 2.74. The summed E-state index contributed by atoms with van der Waals surface area (Å²) in [6.07, 6.45) is -2.17. The van der Waals surface area contributed by atoms with Crippen molar-refractivity contribution < 1.29 is 27.2 Å². The highest BCUT2D eigenvalue weighted by molar-refractivity contribution is 6.56. The Morgan fingerprint density at radius 2 is 1.85 bits per heavy atom. The Labute approximate surface area is 152 Å². The number of methoxy groups -OCH3 is 1. The van der Waals surface area contributed by atoms with Crippen LogP contribution in [-0.4, -0.2) is 44.0 Å². The molecule has 2 rings (SSSR count). The van der Waals surface area contributed by atoms with Crippen LogP contribution in [0.25, 0.3) is 6.08 Å². The van der Waals surface area contributed by atoms with Gasteiger partial charge in [0.25, 0.3) is 0 Å². The van der Waals surface area contributed by atoms with Gasteiger partial charge < -0.3 is 19.4 Å². The molecule has 0 amide bonds. The van der Waals surface area contributed by atoms with Gasteiger partial charge in [0.2, 0.25) is 5.88 Å². The summed E-state index contributed by atoms with van der Waals surface area (Å²) in [5, 5.41) is 2.99. The molecule has 0 atom stereocenters. The minimum absolute atomic E-state index is 0.100. The van der Waals surface area contributed by atoms with Crippen LogP contribution in [0, 0.1) is 0 Å². The van der Waals surface area contributed by atoms with Crippen LogP contribution in [0.5, 0.6) is 5.88 Å². The van der Waals surface area contributed by atoms with Crippen LogP contribution in [0.15, 0.2) is 17.7 Å². The SMILES string of the molecule is CNCC(=Cc1cc(C(F)(F)F)cnc1OC)B1OC(C)(C)C(C)(C)O1. The van der Waals surface area contributed by atoms with Crippen molar-refractivity contribution in [3.05, 3.63) is 28.9 Å². The molecule has 0 aliphatic carbocycles. The smallest absolute Gasteiger partial charge is 0.481 e. The summed E-state index contributed by atoms with van der Waals surface area (Å²) in [6, 6.07) is 1.01. The van der Waals surface area contributed by atoms with Gasteiger partial charge in [-0.1, -0.05) is 6.08 Å². The molecule has 1 aromatic rings. The number of likely N-dealkylation sites (N-methyl/N-ethyl adjacent to an activating group) is 1. The minimum atomic E-state index is -4.49. The summed E-state index contributed by atoms with van der Waals surface area (Å²) in [5.41, 5.74) is -1.10. The van der Waals surface area contributed by atoms with Gasteiger partial charge in [-0.05, 0) is 46.3 Å². The predicted octanol–water partition coefficient (Wildman–Crippen LogP) is 3.34. The Bertz CT molecular complexity index is 674. The summed E-state index contributed by atoms with van der Waals surface area (Å²) in [6.45, 7) is 8.02. The zero-order chi connectivity index (χ0) is 19.8. The van der Waals surface area contributed by atoms with Crippen LogP contribution in [0.4, 0.5) is 13.2 Å². The van der Waals surface area contributed by atoms with Crippen LogP contribution in [-0.2, 0) is 15.5 Å². The fraction of sp³-hybridized carbons (Fsp3) is 0.588. The van der Waals surface area contributed by atoms with Gasteiger partial charge in [0.1, 0.15) is 0 Å². The van der Waals surface area contributed by atoms with Crippen LogP contribution >= 0.6 is 0 Å². The largest absolute Gasteiger partial charge is 0.491 e. The van der Waals surface area contributed by atoms with Crippen molar-refractivity contribution in [3.8, 4) is 5.88 Å². The maximum absolute atomic E-state index is 13.0. The maximum Gasteiger partial charge on any atom is 0.491 e. The molecule has 9 heteroatoms. The number of hydrogen-bond acceptors (Lipinski definition) is 5. The third-order valence-electron chi connectivity index (χ3n) is 4.68. The molecule has 0 radical (unpaired) electrons. The maximum atomic E-state index is 13.0. The lowest BCUT2D eigenvalue weighted by Crippen LogP contribution is -2.41. The lowest BCUT2D eigenvalue weighted by molar-refractivity contribution is -0.137. The monoisotopic (exact) mass is 372 g/mol. The van der Waals surface area contributed by atoms with Gasteiger partial charge in [-0.25, -0.2) is 4.98 Å². The number of rotatable bonds is 5. The molecule has 1 saturated heterocycles. The number of ether oxygens (including phenoxy) is 1. The zero-order valence-corrected chi connectivity index (χ0v) is 15.8. The lowest BCUT2D eigenvalue weighted by atomic mass is 9.77. The van der Waals surface area contributed by atoms with E-state index in [-0.39, 0.29) is 11.4 Å². The van der Waals surface area contributed by atoms with E-state index < -0.39 is 30.1 Å². The average molecular weight is 372 g/mol. The third kappa shape index (κ3) is 4.21. The molecular formula is C17H24BF3N2O3. The molecule has 1 N–H and O–H groups in total. The summed E-state index contributed by atoms with van der Waals surface area (Å²) < 4.78 is 56.2. The molecule has 144 valence electrons. The highest BCUT2D eigenvalue weighted by atomic mass is 19.4. The van der Waals surface area contributed by atoms with Crippen molar-refractivity contribution in [1.82, 2.24) is 10.3 Å². The molecule has 0 spiro atoms. The van der Waals surface area contributed by atoms with Crippen LogP contribution in [0.3, 0.4) is 0 Å². The van der Waals surface area contributed by atoms with Crippen LogP contribution in [0.2, 0.25) is 0 Å². The van der Waals surface area contributed by atoms with Crippen molar-refractivity contribution in [2.75, 3.05) is 20.7 Å². The first-order chi connectivity index (χ1) is 11.9. The first-order valence-electron chi connectivity index (χ1n) is 8.23. The second kappa shape index (κ2) is 7.21. The Morgan fingerprint density at radius 3 is 2.31 bits per heavy atom. The van der Waals surface area contributed by atoms with Crippen LogP contribution in [0.1, 0.15) is 38.8 Å². The predicted molar refractivity (Wildman–Crippen MR) is 93.8 cm³/mol. The number of nitrogens with zero attached hydrogens (tertiary/aromatic N) is 1. The van der Waals surface area contributed by atoms with E-state index >= 15 is 0 Å². The van der Waals surface area contributed by atoms with E-state index in [0.29, 0.717) is 12.0 Å². The Morgan fingerprint density at radius 1 is 1.27 bits per heavy atom. The van der Waals surface area contributed by atoms with Gasteiger partial charge in [-0.2, -0.15) is 13.2 Å². The number of halogens is 3. The van der Waals surface area contributed by atoms with Gasteiger partial charge in [0.05, 0.1) is 23.9 Å². The highest BCUT2D eigenvalue weighted by Gasteiger charge is 2.52. The molecular weight excluding hydrogens is 348 g/mol. The van der Waals surface area contributed by atoms with E-state index in [0.717, 1.165) is 12.3 Å². The topological polar surface area (TPSA) is 52.6 Å². The van der Waals surface area contributed by atoms with Crippen molar-refractivity contribution >= 4 is 13.2 Å². The molecule has 1 fully saturated rings. The number of hydrogen-bond donors (Lipinski definition) is 1. The van der Waals surface area contributed by atoms with Crippen molar-refractivity contribution in [2.24, 2.45) is 0 Å². The molecule has 1 aliphatic heterocycles. The first-order valence-corrected chi connectivity index (χ1v) is 8.23. The summed E-state index contributed by atoms with van der Waals surface area (Å²) in [7, 11) is 2.41. The molecule has 0 unspecified atom stereocenters. The van der Waals surface area contributed by atoms with Crippen LogP contribution < -0.4 is 10.1 Å². The molecule has 2 heterocycles. The quantitative estimate of drug-likeness (QED) is 0.804. The van der Waals surface area contributed by atoms with E-state index in [1.807, 2.05) is 27.7 Å². The zero-order valence-electron chi connectivity index (χ0n) is 15.8. The minimum Gasteiger partial charge on any atom is -0.481 e. The first kappa shape index (κ1) is 20.7. The fourth-order valence-electron chi connectivity index (χ4n) is 2.50. The van der Waals surface area contributed by atoms with Crippen molar-refractivity contribution in [3.63, 3.8) is 0 Å². The number of pyridine rings is 1. The van der Waals surface area contributed by atoms with Gasteiger partial charge in [-0.3, -0.25) is 0 Å². The number of alkyl halides is 3. The van der Waals surface area contributed by atoms with E-state index in [2.05, 4.69) is 10.3 Å². The molecule has 0 bridgehead atoms. The van der Waals surface area contributed by atoms with Crippen molar-refractivity contribution in [2.45, 2.75) is 45.1 Å². The second-order valence-corrected chi connectivity index (χ2v) is 7.16. The van der Waals surface area contributed by atoms with E-state index in [1.165, 1.54) is 7.11 Å². The highest BCUT2D eigenvalue weighted by Crippen LogP contribution is 2.39. The van der Waals surface area contributed by atoms with E-state index in [4.69, 9.17) is 14.0 Å². The second-order valence-electron chi connectivity index (χ2n) is 7.16. The third-order valence-corrected chi connectivity index (χ3v) is 4.68. The summed E-state index contributed by atoms with van der Waals surface area (Å²) in [4.78, 5) is 3.77. The standard InChI is InChI=1S/C17H24BF3N2O3/c1-15(2)16(3,4)26-18(25-15)13(10-22-5)8-11-7-12(17(19,20)21)9-23-14(11)24-6/h7-9,22H,10H2,1-6H3.